The maximum atomic E-state index is 12.4. The highest BCUT2D eigenvalue weighted by atomic mass is 16.1. The Hall–Kier alpha value is -3.72. The van der Waals surface area contributed by atoms with Crippen LogP contribution in [0.4, 0.5) is 11.5 Å². The van der Waals surface area contributed by atoms with Crippen LogP contribution in [0, 0.1) is 11.3 Å². The highest BCUT2D eigenvalue weighted by Gasteiger charge is 2.11. The summed E-state index contributed by atoms with van der Waals surface area (Å²) >= 11 is 0. The number of anilines is 2. The van der Waals surface area contributed by atoms with Gasteiger partial charge in [0.15, 0.2) is 0 Å². The average Bonchev–Trinajstić information content (AvgIpc) is 2.69. The third-order valence-corrected chi connectivity index (χ3v) is 3.84. The molecule has 1 atom stereocenters. The van der Waals surface area contributed by atoms with E-state index in [-0.39, 0.29) is 17.6 Å². The van der Waals surface area contributed by atoms with Gasteiger partial charge in [0.25, 0.3) is 5.91 Å². The van der Waals surface area contributed by atoms with E-state index in [1.165, 1.54) is 6.33 Å². The van der Waals surface area contributed by atoms with Gasteiger partial charge in [0, 0.05) is 17.8 Å². The number of carbonyl (C=O) groups excluding carboxylic acids is 1. The van der Waals surface area contributed by atoms with Crippen molar-refractivity contribution in [1.82, 2.24) is 9.97 Å². The van der Waals surface area contributed by atoms with Crippen molar-refractivity contribution in [3.63, 3.8) is 0 Å². The van der Waals surface area contributed by atoms with E-state index in [0.717, 1.165) is 5.56 Å². The number of rotatable bonds is 5. The Morgan fingerprint density at radius 2 is 1.81 bits per heavy atom. The Bertz CT molecular complexity index is 932. The molecule has 26 heavy (non-hydrogen) atoms. The second-order valence-electron chi connectivity index (χ2n) is 5.71. The molecule has 1 aromatic heterocycles. The van der Waals surface area contributed by atoms with Gasteiger partial charge in [-0.3, -0.25) is 4.79 Å². The van der Waals surface area contributed by atoms with Gasteiger partial charge in [-0.2, -0.15) is 5.26 Å². The molecule has 0 bridgehead atoms. The molecule has 128 valence electrons. The van der Waals surface area contributed by atoms with E-state index in [2.05, 4.69) is 20.6 Å². The molecule has 2 N–H and O–H groups in total. The summed E-state index contributed by atoms with van der Waals surface area (Å²) in [6.07, 6.45) is 1.35. The molecule has 1 heterocycles. The van der Waals surface area contributed by atoms with E-state index in [9.17, 15) is 4.79 Å². The van der Waals surface area contributed by atoms with Gasteiger partial charge in [-0.25, -0.2) is 9.97 Å². The van der Waals surface area contributed by atoms with E-state index in [0.29, 0.717) is 17.1 Å². The molecule has 3 aromatic rings. The molecular formula is C20H17N5O. The summed E-state index contributed by atoms with van der Waals surface area (Å²) in [5.41, 5.74) is 2.51. The van der Waals surface area contributed by atoms with E-state index >= 15 is 0 Å². The van der Waals surface area contributed by atoms with Gasteiger partial charge >= 0.3 is 0 Å². The zero-order valence-corrected chi connectivity index (χ0v) is 14.2. The van der Waals surface area contributed by atoms with Crippen LogP contribution in [0.2, 0.25) is 0 Å². The number of amides is 1. The summed E-state index contributed by atoms with van der Waals surface area (Å²) in [6, 6.07) is 20.3. The number of nitrogens with zero attached hydrogens (tertiary/aromatic N) is 3. The molecule has 0 radical (unpaired) electrons. The minimum Gasteiger partial charge on any atom is -0.363 e. The van der Waals surface area contributed by atoms with Crippen molar-refractivity contribution < 1.29 is 4.79 Å². The molecule has 0 aliphatic rings. The first-order valence-electron chi connectivity index (χ1n) is 8.11. The molecule has 6 nitrogen and oxygen atoms in total. The summed E-state index contributed by atoms with van der Waals surface area (Å²) in [4.78, 5) is 20.6. The number of hydrogen-bond acceptors (Lipinski definition) is 5. The van der Waals surface area contributed by atoms with Gasteiger partial charge in [0.1, 0.15) is 17.8 Å². The van der Waals surface area contributed by atoms with E-state index in [1.54, 1.807) is 30.3 Å². The smallest absolute Gasteiger partial charge is 0.274 e. The lowest BCUT2D eigenvalue weighted by atomic mass is 10.1. The fourth-order valence-electron chi connectivity index (χ4n) is 2.43. The van der Waals surface area contributed by atoms with Gasteiger partial charge < -0.3 is 10.6 Å². The molecule has 1 unspecified atom stereocenters. The van der Waals surface area contributed by atoms with Crippen LogP contribution in [0.25, 0.3) is 0 Å². The number of nitrogens with one attached hydrogen (secondary N) is 2. The maximum absolute atomic E-state index is 12.4. The molecule has 0 saturated heterocycles. The number of benzene rings is 2. The predicted octanol–water partition coefficient (Wildman–Crippen LogP) is 3.77. The molecule has 6 heteroatoms. The third-order valence-electron chi connectivity index (χ3n) is 3.84. The van der Waals surface area contributed by atoms with Crippen LogP contribution in [0.3, 0.4) is 0 Å². The van der Waals surface area contributed by atoms with Crippen molar-refractivity contribution in [2.75, 3.05) is 10.6 Å². The summed E-state index contributed by atoms with van der Waals surface area (Å²) in [7, 11) is 0. The summed E-state index contributed by atoms with van der Waals surface area (Å²) in [5.74, 6) is 0.230. The number of carbonyl (C=O) groups is 1. The van der Waals surface area contributed by atoms with Gasteiger partial charge in [0.05, 0.1) is 11.6 Å². The monoisotopic (exact) mass is 343 g/mol. The largest absolute Gasteiger partial charge is 0.363 e. The van der Waals surface area contributed by atoms with Crippen LogP contribution in [-0.4, -0.2) is 15.9 Å². The Morgan fingerprint density at radius 1 is 1.08 bits per heavy atom. The zero-order valence-electron chi connectivity index (χ0n) is 14.2. The average molecular weight is 343 g/mol. The first-order valence-corrected chi connectivity index (χ1v) is 8.11. The lowest BCUT2D eigenvalue weighted by Crippen LogP contribution is -2.15. The van der Waals surface area contributed by atoms with E-state index < -0.39 is 0 Å². The quantitative estimate of drug-likeness (QED) is 0.736. The van der Waals surface area contributed by atoms with Gasteiger partial charge in [-0.05, 0) is 36.8 Å². The zero-order chi connectivity index (χ0) is 18.4. The molecule has 1 amide bonds. The summed E-state index contributed by atoms with van der Waals surface area (Å²) in [6.45, 7) is 2.02. The highest BCUT2D eigenvalue weighted by Crippen LogP contribution is 2.18. The van der Waals surface area contributed by atoms with E-state index in [1.807, 2.05) is 43.3 Å². The van der Waals surface area contributed by atoms with Crippen molar-refractivity contribution in [3.8, 4) is 6.07 Å². The van der Waals surface area contributed by atoms with Crippen LogP contribution in [0.15, 0.2) is 67.0 Å². The van der Waals surface area contributed by atoms with Crippen molar-refractivity contribution in [1.29, 1.82) is 5.26 Å². The normalized spacial score (nSPS) is 11.2. The molecule has 0 aliphatic heterocycles. The molecule has 2 aromatic carbocycles. The maximum Gasteiger partial charge on any atom is 0.274 e. The summed E-state index contributed by atoms with van der Waals surface area (Å²) in [5, 5.41) is 14.8. The molecule has 0 fully saturated rings. The van der Waals surface area contributed by atoms with Gasteiger partial charge in [-0.15, -0.1) is 0 Å². The Balaban J connectivity index is 1.70. The molecule has 0 spiro atoms. The Labute approximate surface area is 151 Å². The fourth-order valence-corrected chi connectivity index (χ4v) is 2.43. The Morgan fingerprint density at radius 3 is 2.50 bits per heavy atom. The first kappa shape index (κ1) is 17.1. The Kier molecular flexibility index (Phi) is 5.20. The third kappa shape index (κ3) is 4.22. The van der Waals surface area contributed by atoms with Crippen molar-refractivity contribution in [2.24, 2.45) is 0 Å². The molecule has 3 rings (SSSR count). The van der Waals surface area contributed by atoms with Crippen LogP contribution in [-0.2, 0) is 0 Å². The molecule has 0 saturated carbocycles. The minimum atomic E-state index is -0.340. The van der Waals surface area contributed by atoms with Crippen molar-refractivity contribution in [3.05, 3.63) is 83.8 Å². The summed E-state index contributed by atoms with van der Waals surface area (Å²) < 4.78 is 0. The van der Waals surface area contributed by atoms with Crippen LogP contribution < -0.4 is 10.6 Å². The number of aromatic nitrogens is 2. The highest BCUT2D eigenvalue weighted by molar-refractivity contribution is 6.03. The standard InChI is InChI=1S/C20H17N5O/c1-14(16-5-3-2-4-6-16)24-19-11-18(22-13-23-19)20(26)25-17-9-7-15(12-21)8-10-17/h2-11,13-14H,1H3,(H,25,26)(H,22,23,24). The second kappa shape index (κ2) is 7.90. The van der Waals surface area contributed by atoms with Crippen molar-refractivity contribution >= 4 is 17.4 Å². The first-order chi connectivity index (χ1) is 12.7. The van der Waals surface area contributed by atoms with Gasteiger partial charge in [0.2, 0.25) is 0 Å². The predicted molar refractivity (Wildman–Crippen MR) is 99.6 cm³/mol. The van der Waals surface area contributed by atoms with Crippen LogP contribution in [0.5, 0.6) is 0 Å². The fraction of sp³-hybridized carbons (Fsp3) is 0.100. The van der Waals surface area contributed by atoms with Crippen molar-refractivity contribution in [2.45, 2.75) is 13.0 Å². The second-order valence-corrected chi connectivity index (χ2v) is 5.71. The number of nitriles is 1. The van der Waals surface area contributed by atoms with Gasteiger partial charge in [-0.1, -0.05) is 30.3 Å². The van der Waals surface area contributed by atoms with Crippen LogP contribution in [0.1, 0.15) is 34.6 Å². The topological polar surface area (TPSA) is 90.7 Å². The lowest BCUT2D eigenvalue weighted by molar-refractivity contribution is 0.102. The minimum absolute atomic E-state index is 0.0422. The van der Waals surface area contributed by atoms with Crippen LogP contribution >= 0.6 is 0 Å². The molecule has 0 aliphatic carbocycles. The molecular weight excluding hydrogens is 326 g/mol. The van der Waals surface area contributed by atoms with E-state index in [4.69, 9.17) is 5.26 Å². The lowest BCUT2D eigenvalue weighted by Gasteiger charge is -2.15. The number of hydrogen-bond donors (Lipinski definition) is 2. The SMILES string of the molecule is CC(Nc1cc(C(=O)Nc2ccc(C#N)cc2)ncn1)c1ccccc1.